The molecule has 0 unspecified atom stereocenters. The van der Waals surface area contributed by atoms with E-state index in [1.807, 2.05) is 19.1 Å². The minimum atomic E-state index is -3.70. The van der Waals surface area contributed by atoms with Gasteiger partial charge >= 0.3 is 0 Å². The molecule has 0 aliphatic heterocycles. The second kappa shape index (κ2) is 7.26. The molecule has 0 bridgehead atoms. The molecule has 1 N–H and O–H groups in total. The molecule has 0 spiro atoms. The second-order valence-electron chi connectivity index (χ2n) is 4.33. The number of halogens is 1. The first kappa shape index (κ1) is 17.0. The molecule has 0 aromatic heterocycles. The van der Waals surface area contributed by atoms with Gasteiger partial charge in [-0.2, -0.15) is 0 Å². The van der Waals surface area contributed by atoms with Crippen LogP contribution in [0.25, 0.3) is 0 Å². The van der Waals surface area contributed by atoms with E-state index in [0.717, 1.165) is 10.6 Å². The van der Waals surface area contributed by atoms with E-state index in [2.05, 4.69) is 4.72 Å². The Hall–Kier alpha value is -1.37. The third kappa shape index (κ3) is 3.88. The molecule has 22 heavy (non-hydrogen) atoms. The predicted octanol–water partition coefficient (Wildman–Crippen LogP) is 4.26. The van der Waals surface area contributed by atoms with E-state index in [1.54, 1.807) is 23.9 Å². The van der Waals surface area contributed by atoms with Gasteiger partial charge in [-0.3, -0.25) is 4.72 Å². The number of ether oxygens (including phenoxy) is 1. The first-order chi connectivity index (χ1) is 10.5. The highest BCUT2D eigenvalue weighted by Gasteiger charge is 2.17. The number of methoxy groups -OCH3 is 1. The van der Waals surface area contributed by atoms with Gasteiger partial charge in [-0.15, -0.1) is 11.8 Å². The summed E-state index contributed by atoms with van der Waals surface area (Å²) in [7, 11) is -2.23. The molecule has 0 saturated carbocycles. The fraction of sp³-hybridized carbons (Fsp3) is 0.200. The Balaban J connectivity index is 2.34. The summed E-state index contributed by atoms with van der Waals surface area (Å²) in [5, 5.41) is 0.251. The first-order valence-electron chi connectivity index (χ1n) is 6.56. The van der Waals surface area contributed by atoms with Crippen LogP contribution in [-0.2, 0) is 10.0 Å². The van der Waals surface area contributed by atoms with Crippen molar-refractivity contribution >= 4 is 39.1 Å². The van der Waals surface area contributed by atoms with Crippen LogP contribution in [0.1, 0.15) is 6.92 Å². The van der Waals surface area contributed by atoms with Crippen LogP contribution in [0.15, 0.2) is 52.3 Å². The molecular weight excluding hydrogens is 342 g/mol. The third-order valence-corrected chi connectivity index (χ3v) is 5.48. The van der Waals surface area contributed by atoms with Gasteiger partial charge in [0.25, 0.3) is 10.0 Å². The highest BCUT2D eigenvalue weighted by Crippen LogP contribution is 2.31. The molecule has 0 atom stereocenters. The number of para-hydroxylation sites is 1. The summed E-state index contributed by atoms with van der Waals surface area (Å²) in [4.78, 5) is 0.975. The van der Waals surface area contributed by atoms with Gasteiger partial charge < -0.3 is 4.74 Å². The van der Waals surface area contributed by atoms with Crippen LogP contribution < -0.4 is 9.46 Å². The molecule has 0 aliphatic rings. The van der Waals surface area contributed by atoms with Crippen molar-refractivity contribution in [3.8, 4) is 5.75 Å². The summed E-state index contributed by atoms with van der Waals surface area (Å²) in [5.74, 6) is 1.29. The van der Waals surface area contributed by atoms with Gasteiger partial charge in [0.1, 0.15) is 5.75 Å². The average Bonchev–Trinajstić information content (AvgIpc) is 2.49. The zero-order valence-corrected chi connectivity index (χ0v) is 14.6. The zero-order valence-electron chi connectivity index (χ0n) is 12.2. The summed E-state index contributed by atoms with van der Waals surface area (Å²) in [6.45, 7) is 2.01. The Bertz CT molecular complexity index is 763. The van der Waals surface area contributed by atoms with Crippen molar-refractivity contribution in [2.45, 2.75) is 16.7 Å². The van der Waals surface area contributed by atoms with Crippen LogP contribution in [-0.4, -0.2) is 21.3 Å². The normalized spacial score (nSPS) is 11.2. The van der Waals surface area contributed by atoms with Gasteiger partial charge in [-0.1, -0.05) is 30.7 Å². The number of hydrogen-bond acceptors (Lipinski definition) is 4. The monoisotopic (exact) mass is 357 g/mol. The van der Waals surface area contributed by atoms with Gasteiger partial charge in [-0.25, -0.2) is 8.42 Å². The molecule has 2 aromatic carbocycles. The lowest BCUT2D eigenvalue weighted by Gasteiger charge is -2.12. The molecule has 2 aromatic rings. The second-order valence-corrected chi connectivity index (χ2v) is 7.73. The molecule has 4 nitrogen and oxygen atoms in total. The SMILES string of the molecule is CCSc1ccccc1NS(=O)(=O)c1ccc(OC)c(Cl)c1. The molecule has 118 valence electrons. The number of nitrogens with one attached hydrogen (secondary N) is 1. The fourth-order valence-corrected chi connectivity index (χ4v) is 4.10. The van der Waals surface area contributed by atoms with E-state index in [9.17, 15) is 8.42 Å². The van der Waals surface area contributed by atoms with E-state index < -0.39 is 10.0 Å². The van der Waals surface area contributed by atoms with Crippen LogP contribution in [0.3, 0.4) is 0 Å². The summed E-state index contributed by atoms with van der Waals surface area (Å²) in [5.41, 5.74) is 0.557. The third-order valence-electron chi connectivity index (χ3n) is 2.86. The first-order valence-corrected chi connectivity index (χ1v) is 9.40. The lowest BCUT2D eigenvalue weighted by Crippen LogP contribution is -2.13. The van der Waals surface area contributed by atoms with E-state index in [-0.39, 0.29) is 9.92 Å². The molecule has 7 heteroatoms. The molecule has 0 amide bonds. The summed E-state index contributed by atoms with van der Waals surface area (Å²) in [6.07, 6.45) is 0. The quantitative estimate of drug-likeness (QED) is 0.785. The van der Waals surface area contributed by atoms with Crippen LogP contribution in [0.5, 0.6) is 5.75 Å². The predicted molar refractivity (Wildman–Crippen MR) is 91.7 cm³/mol. The largest absolute Gasteiger partial charge is 0.495 e. The van der Waals surface area contributed by atoms with Gasteiger partial charge in [0.2, 0.25) is 0 Å². The Morgan fingerprint density at radius 2 is 1.95 bits per heavy atom. The Labute approximate surface area is 139 Å². The number of sulfonamides is 1. The lowest BCUT2D eigenvalue weighted by atomic mass is 10.3. The van der Waals surface area contributed by atoms with E-state index >= 15 is 0 Å². The van der Waals surface area contributed by atoms with Crippen molar-refractivity contribution in [2.75, 3.05) is 17.6 Å². The maximum Gasteiger partial charge on any atom is 0.261 e. The van der Waals surface area contributed by atoms with Crippen molar-refractivity contribution in [1.82, 2.24) is 0 Å². The van der Waals surface area contributed by atoms with Crippen LogP contribution >= 0.6 is 23.4 Å². The summed E-state index contributed by atoms with van der Waals surface area (Å²) >= 11 is 7.57. The van der Waals surface area contributed by atoms with Crippen molar-refractivity contribution in [1.29, 1.82) is 0 Å². The molecule has 0 heterocycles. The minimum Gasteiger partial charge on any atom is -0.495 e. The number of anilines is 1. The molecule has 0 saturated heterocycles. The van der Waals surface area contributed by atoms with E-state index in [0.29, 0.717) is 11.4 Å². The molecule has 2 rings (SSSR count). The highest BCUT2D eigenvalue weighted by molar-refractivity contribution is 7.99. The number of rotatable bonds is 6. The highest BCUT2D eigenvalue weighted by atomic mass is 35.5. The lowest BCUT2D eigenvalue weighted by molar-refractivity contribution is 0.414. The molecule has 0 radical (unpaired) electrons. The maximum atomic E-state index is 12.5. The van der Waals surface area contributed by atoms with Crippen molar-refractivity contribution in [3.63, 3.8) is 0 Å². The summed E-state index contributed by atoms with van der Waals surface area (Å²) < 4.78 is 32.6. The van der Waals surface area contributed by atoms with Crippen LogP contribution in [0.2, 0.25) is 5.02 Å². The maximum absolute atomic E-state index is 12.5. The van der Waals surface area contributed by atoms with Gasteiger partial charge in [0.05, 0.1) is 22.7 Å². The zero-order chi connectivity index (χ0) is 16.2. The Kier molecular flexibility index (Phi) is 5.61. The molecular formula is C15H16ClNO3S2. The Morgan fingerprint density at radius 3 is 2.59 bits per heavy atom. The van der Waals surface area contributed by atoms with Gasteiger partial charge in [-0.05, 0) is 36.1 Å². The molecule has 0 aliphatic carbocycles. The molecule has 0 fully saturated rings. The Morgan fingerprint density at radius 1 is 1.23 bits per heavy atom. The van der Waals surface area contributed by atoms with Crippen LogP contribution in [0.4, 0.5) is 5.69 Å². The smallest absolute Gasteiger partial charge is 0.261 e. The summed E-state index contributed by atoms with van der Waals surface area (Å²) in [6, 6.07) is 11.6. The van der Waals surface area contributed by atoms with Gasteiger partial charge in [0, 0.05) is 4.90 Å². The van der Waals surface area contributed by atoms with Crippen molar-refractivity contribution in [3.05, 3.63) is 47.5 Å². The standard InChI is InChI=1S/C15H16ClNO3S2/c1-3-21-15-7-5-4-6-13(15)17-22(18,19)11-8-9-14(20-2)12(16)10-11/h4-10,17H,3H2,1-2H3. The van der Waals surface area contributed by atoms with Crippen molar-refractivity contribution in [2.24, 2.45) is 0 Å². The minimum absolute atomic E-state index is 0.0922. The number of hydrogen-bond donors (Lipinski definition) is 1. The topological polar surface area (TPSA) is 55.4 Å². The van der Waals surface area contributed by atoms with Crippen LogP contribution in [0, 0.1) is 0 Å². The van der Waals surface area contributed by atoms with E-state index in [4.69, 9.17) is 16.3 Å². The van der Waals surface area contributed by atoms with Crippen molar-refractivity contribution < 1.29 is 13.2 Å². The number of thioether (sulfide) groups is 1. The fourth-order valence-electron chi connectivity index (χ4n) is 1.85. The average molecular weight is 358 g/mol. The van der Waals surface area contributed by atoms with Gasteiger partial charge in [0.15, 0.2) is 0 Å². The number of benzene rings is 2. The van der Waals surface area contributed by atoms with E-state index in [1.165, 1.54) is 25.3 Å².